The van der Waals surface area contributed by atoms with Gasteiger partial charge in [0.2, 0.25) is 0 Å². The molecule has 0 radical (unpaired) electrons. The molecule has 0 aliphatic heterocycles. The molecule has 2 N–H and O–H groups in total. The minimum Gasteiger partial charge on any atom is -0.426 e. The van der Waals surface area contributed by atoms with Crippen molar-refractivity contribution in [3.05, 3.63) is 23.3 Å². The van der Waals surface area contributed by atoms with E-state index in [1.807, 2.05) is 13.8 Å². The van der Waals surface area contributed by atoms with Crippen molar-refractivity contribution in [3.8, 4) is 5.75 Å². The number of nitrogen functional groups attached to an aromatic ring is 1. The van der Waals surface area contributed by atoms with Crippen LogP contribution in [0.3, 0.4) is 0 Å². The fourth-order valence-electron chi connectivity index (χ4n) is 1.29. The Balaban J connectivity index is 3.13. The van der Waals surface area contributed by atoms with E-state index in [1.54, 1.807) is 12.1 Å². The maximum Gasteiger partial charge on any atom is 0.308 e. The van der Waals surface area contributed by atoms with Crippen molar-refractivity contribution < 1.29 is 9.53 Å². The van der Waals surface area contributed by atoms with Gasteiger partial charge in [-0.15, -0.1) is 0 Å². The average Bonchev–Trinajstić information content (AvgIpc) is 1.96. The second-order valence-corrected chi connectivity index (χ2v) is 3.08. The molecule has 0 atom stereocenters. The molecule has 0 aliphatic carbocycles. The fraction of sp³-hybridized carbons (Fsp3) is 0.300. The fourth-order valence-corrected chi connectivity index (χ4v) is 1.29. The first-order valence-electron chi connectivity index (χ1n) is 4.06. The van der Waals surface area contributed by atoms with Crippen LogP contribution in [0, 0.1) is 13.8 Å². The summed E-state index contributed by atoms with van der Waals surface area (Å²) in [7, 11) is 0. The molecule has 0 fully saturated rings. The smallest absolute Gasteiger partial charge is 0.308 e. The van der Waals surface area contributed by atoms with Crippen molar-refractivity contribution >= 4 is 11.7 Å². The quantitative estimate of drug-likeness (QED) is 0.406. The number of hydrogen-bond acceptors (Lipinski definition) is 3. The van der Waals surface area contributed by atoms with Gasteiger partial charge in [-0.25, -0.2) is 0 Å². The highest BCUT2D eigenvalue weighted by molar-refractivity contribution is 5.71. The topological polar surface area (TPSA) is 52.3 Å². The largest absolute Gasteiger partial charge is 0.426 e. The highest BCUT2D eigenvalue weighted by atomic mass is 16.5. The monoisotopic (exact) mass is 179 g/mol. The van der Waals surface area contributed by atoms with Crippen LogP contribution in [0.25, 0.3) is 0 Å². The van der Waals surface area contributed by atoms with Crippen LogP contribution < -0.4 is 10.5 Å². The molecular formula is C10H13NO2. The van der Waals surface area contributed by atoms with Gasteiger partial charge in [-0.1, -0.05) is 0 Å². The summed E-state index contributed by atoms with van der Waals surface area (Å²) in [5.41, 5.74) is 8.07. The summed E-state index contributed by atoms with van der Waals surface area (Å²) in [6, 6.07) is 3.57. The summed E-state index contributed by atoms with van der Waals surface area (Å²) >= 11 is 0. The zero-order valence-electron chi connectivity index (χ0n) is 8.05. The third-order valence-electron chi connectivity index (χ3n) is 1.73. The van der Waals surface area contributed by atoms with Crippen LogP contribution in [0.5, 0.6) is 5.75 Å². The number of nitrogens with two attached hydrogens (primary N) is 1. The summed E-state index contributed by atoms with van der Waals surface area (Å²) < 4.78 is 5.04. The molecule has 0 unspecified atom stereocenters. The molecule has 1 aromatic carbocycles. The van der Waals surface area contributed by atoms with Gasteiger partial charge in [-0.3, -0.25) is 4.79 Å². The summed E-state index contributed by atoms with van der Waals surface area (Å²) in [6.45, 7) is 5.11. The standard InChI is InChI=1S/C10H13NO2/c1-6-4-9(11)5-7(2)10(6)13-8(3)12/h4-5H,11H2,1-3H3. The molecule has 3 nitrogen and oxygen atoms in total. The number of esters is 1. The summed E-state index contributed by atoms with van der Waals surface area (Å²) in [5, 5.41) is 0. The second kappa shape index (κ2) is 3.47. The molecule has 3 heteroatoms. The van der Waals surface area contributed by atoms with Crippen LogP contribution >= 0.6 is 0 Å². The predicted octanol–water partition coefficient (Wildman–Crippen LogP) is 1.81. The number of carbonyl (C=O) groups excluding carboxylic acids is 1. The molecule has 0 heterocycles. The molecule has 1 rings (SSSR count). The Hall–Kier alpha value is -1.51. The number of aryl methyl sites for hydroxylation is 2. The van der Waals surface area contributed by atoms with Gasteiger partial charge in [0, 0.05) is 12.6 Å². The maximum atomic E-state index is 10.7. The Morgan fingerprint density at radius 3 is 2.15 bits per heavy atom. The van der Waals surface area contributed by atoms with E-state index >= 15 is 0 Å². The van der Waals surface area contributed by atoms with Crippen molar-refractivity contribution in [1.82, 2.24) is 0 Å². The van der Waals surface area contributed by atoms with E-state index in [4.69, 9.17) is 10.5 Å². The van der Waals surface area contributed by atoms with Crippen LogP contribution in [-0.2, 0) is 4.79 Å². The number of benzene rings is 1. The van der Waals surface area contributed by atoms with Gasteiger partial charge in [0.1, 0.15) is 5.75 Å². The first-order chi connectivity index (χ1) is 6.00. The van der Waals surface area contributed by atoms with E-state index in [0.717, 1.165) is 11.1 Å². The Morgan fingerprint density at radius 2 is 1.77 bits per heavy atom. The molecule has 13 heavy (non-hydrogen) atoms. The number of rotatable bonds is 1. The number of hydrogen-bond donors (Lipinski definition) is 1. The zero-order valence-corrected chi connectivity index (χ0v) is 8.05. The highest BCUT2D eigenvalue weighted by Gasteiger charge is 2.06. The van der Waals surface area contributed by atoms with Crippen LogP contribution in [0.2, 0.25) is 0 Å². The van der Waals surface area contributed by atoms with E-state index in [9.17, 15) is 4.79 Å². The number of carbonyl (C=O) groups is 1. The van der Waals surface area contributed by atoms with Crippen molar-refractivity contribution in [2.24, 2.45) is 0 Å². The summed E-state index contributed by atoms with van der Waals surface area (Å²) in [6.07, 6.45) is 0. The molecule has 70 valence electrons. The minimum atomic E-state index is -0.309. The molecule has 0 aromatic heterocycles. The molecule has 0 saturated carbocycles. The normalized spacial score (nSPS) is 9.77. The Kier molecular flexibility index (Phi) is 2.56. The lowest BCUT2D eigenvalue weighted by Crippen LogP contribution is -2.04. The Bertz CT molecular complexity index is 322. The summed E-state index contributed by atoms with van der Waals surface area (Å²) in [4.78, 5) is 10.7. The Morgan fingerprint density at radius 1 is 1.31 bits per heavy atom. The van der Waals surface area contributed by atoms with Gasteiger partial charge in [-0.05, 0) is 37.1 Å². The zero-order chi connectivity index (χ0) is 10.0. The van der Waals surface area contributed by atoms with E-state index in [1.165, 1.54) is 6.92 Å². The van der Waals surface area contributed by atoms with E-state index in [-0.39, 0.29) is 5.97 Å². The minimum absolute atomic E-state index is 0.309. The molecule has 1 aromatic rings. The molecule has 0 bridgehead atoms. The molecular weight excluding hydrogens is 166 g/mol. The van der Waals surface area contributed by atoms with Gasteiger partial charge in [0.15, 0.2) is 0 Å². The predicted molar refractivity (Wildman–Crippen MR) is 51.6 cm³/mol. The lowest BCUT2D eigenvalue weighted by atomic mass is 10.1. The van der Waals surface area contributed by atoms with Gasteiger partial charge >= 0.3 is 5.97 Å². The van der Waals surface area contributed by atoms with E-state index in [0.29, 0.717) is 11.4 Å². The molecule has 0 aliphatic rings. The van der Waals surface area contributed by atoms with Gasteiger partial charge < -0.3 is 10.5 Å². The average molecular weight is 179 g/mol. The van der Waals surface area contributed by atoms with Crippen LogP contribution in [0.15, 0.2) is 12.1 Å². The van der Waals surface area contributed by atoms with Crippen molar-refractivity contribution in [1.29, 1.82) is 0 Å². The third kappa shape index (κ3) is 2.21. The lowest BCUT2D eigenvalue weighted by Gasteiger charge is -2.09. The first kappa shape index (κ1) is 9.58. The lowest BCUT2D eigenvalue weighted by molar-refractivity contribution is -0.131. The second-order valence-electron chi connectivity index (χ2n) is 3.08. The third-order valence-corrected chi connectivity index (χ3v) is 1.73. The maximum absolute atomic E-state index is 10.7. The molecule has 0 spiro atoms. The van der Waals surface area contributed by atoms with Gasteiger partial charge in [0.25, 0.3) is 0 Å². The van der Waals surface area contributed by atoms with Crippen molar-refractivity contribution in [2.45, 2.75) is 20.8 Å². The van der Waals surface area contributed by atoms with Gasteiger partial charge in [-0.2, -0.15) is 0 Å². The highest BCUT2D eigenvalue weighted by Crippen LogP contribution is 2.25. The van der Waals surface area contributed by atoms with Crippen LogP contribution in [0.4, 0.5) is 5.69 Å². The Labute approximate surface area is 77.5 Å². The van der Waals surface area contributed by atoms with Gasteiger partial charge in [0.05, 0.1) is 0 Å². The molecule has 0 amide bonds. The van der Waals surface area contributed by atoms with E-state index in [2.05, 4.69) is 0 Å². The SMILES string of the molecule is CC(=O)Oc1c(C)cc(N)cc1C. The van der Waals surface area contributed by atoms with Crippen LogP contribution in [-0.4, -0.2) is 5.97 Å². The number of anilines is 1. The van der Waals surface area contributed by atoms with Crippen molar-refractivity contribution in [3.63, 3.8) is 0 Å². The van der Waals surface area contributed by atoms with Crippen LogP contribution in [0.1, 0.15) is 18.1 Å². The summed E-state index contributed by atoms with van der Waals surface area (Å²) in [5.74, 6) is 0.303. The number of ether oxygens (including phenoxy) is 1. The van der Waals surface area contributed by atoms with E-state index < -0.39 is 0 Å². The first-order valence-corrected chi connectivity index (χ1v) is 4.06. The van der Waals surface area contributed by atoms with Crippen molar-refractivity contribution in [2.75, 3.05) is 5.73 Å². The molecule has 0 saturated heterocycles.